The van der Waals surface area contributed by atoms with E-state index in [1.807, 2.05) is 46.2 Å². The van der Waals surface area contributed by atoms with E-state index in [-0.39, 0.29) is 17.9 Å². The highest BCUT2D eigenvalue weighted by Crippen LogP contribution is 2.20. The van der Waals surface area contributed by atoms with Crippen LogP contribution in [0.5, 0.6) is 0 Å². The second-order valence-corrected chi connectivity index (χ2v) is 8.11. The molecule has 0 atom stereocenters. The minimum Gasteiger partial charge on any atom is -0.338 e. The van der Waals surface area contributed by atoms with Crippen LogP contribution in [-0.2, 0) is 4.79 Å². The lowest BCUT2D eigenvalue weighted by Crippen LogP contribution is -2.48. The summed E-state index contributed by atoms with van der Waals surface area (Å²) >= 11 is 0. The van der Waals surface area contributed by atoms with Gasteiger partial charge in [-0.25, -0.2) is 0 Å². The Balaban J connectivity index is 1.63. The van der Waals surface area contributed by atoms with Crippen molar-refractivity contribution in [2.75, 3.05) is 19.6 Å². The second-order valence-electron chi connectivity index (χ2n) is 8.11. The average molecular weight is 405 g/mol. The normalized spacial score (nSPS) is 14.8. The molecule has 0 spiro atoms. The van der Waals surface area contributed by atoms with Gasteiger partial charge in [-0.05, 0) is 62.4 Å². The summed E-state index contributed by atoms with van der Waals surface area (Å²) in [6.45, 7) is 8.36. The van der Waals surface area contributed by atoms with E-state index in [4.69, 9.17) is 0 Å². The quantitative estimate of drug-likeness (QED) is 0.645. The molecule has 3 rings (SSSR count). The summed E-state index contributed by atoms with van der Waals surface area (Å²) < 4.78 is 0. The molecule has 4 nitrogen and oxygen atoms in total. The zero-order chi connectivity index (χ0) is 21.5. The van der Waals surface area contributed by atoms with Crippen molar-refractivity contribution >= 4 is 17.9 Å². The van der Waals surface area contributed by atoms with Crippen LogP contribution >= 0.6 is 0 Å². The standard InChI is InChI=1S/C26H32N2O2/c1-4-16-28(25(29)13-12-22-11-10-20(2)19-21(22)3)24-14-17-27(18-15-24)26(30)23-8-6-5-7-9-23/h5-13,19,24H,4,14-18H2,1-3H3/b13-12+. The zero-order valence-corrected chi connectivity index (χ0v) is 18.3. The number of carbonyl (C=O) groups is 2. The van der Waals surface area contributed by atoms with Gasteiger partial charge in [-0.15, -0.1) is 0 Å². The lowest BCUT2D eigenvalue weighted by atomic mass is 10.0. The molecular formula is C26H32N2O2. The molecule has 30 heavy (non-hydrogen) atoms. The van der Waals surface area contributed by atoms with E-state index in [9.17, 15) is 9.59 Å². The predicted octanol–water partition coefficient (Wildman–Crippen LogP) is 4.86. The number of piperidine rings is 1. The number of hydrogen-bond donors (Lipinski definition) is 0. The van der Waals surface area contributed by atoms with E-state index in [0.29, 0.717) is 13.1 Å². The summed E-state index contributed by atoms with van der Waals surface area (Å²) in [5.74, 6) is 0.141. The van der Waals surface area contributed by atoms with Crippen LogP contribution in [0, 0.1) is 13.8 Å². The third-order valence-corrected chi connectivity index (χ3v) is 5.79. The molecule has 0 saturated carbocycles. The van der Waals surface area contributed by atoms with Gasteiger partial charge in [0.1, 0.15) is 0 Å². The summed E-state index contributed by atoms with van der Waals surface area (Å²) in [6.07, 6.45) is 6.19. The maximum Gasteiger partial charge on any atom is 0.253 e. The first-order valence-corrected chi connectivity index (χ1v) is 10.9. The first-order chi connectivity index (χ1) is 14.5. The molecule has 1 heterocycles. The van der Waals surface area contributed by atoms with Crippen LogP contribution in [0.2, 0.25) is 0 Å². The number of aryl methyl sites for hydroxylation is 2. The van der Waals surface area contributed by atoms with Crippen LogP contribution in [0.25, 0.3) is 6.08 Å². The van der Waals surface area contributed by atoms with Crippen molar-refractivity contribution < 1.29 is 9.59 Å². The molecule has 1 aliphatic rings. The Labute approximate surface area is 180 Å². The Morgan fingerprint density at radius 2 is 1.77 bits per heavy atom. The lowest BCUT2D eigenvalue weighted by molar-refractivity contribution is -0.129. The fourth-order valence-electron chi connectivity index (χ4n) is 4.13. The Morgan fingerprint density at radius 3 is 2.40 bits per heavy atom. The highest BCUT2D eigenvalue weighted by atomic mass is 16.2. The van der Waals surface area contributed by atoms with Crippen molar-refractivity contribution in [2.45, 2.75) is 46.1 Å². The van der Waals surface area contributed by atoms with E-state index in [2.05, 4.69) is 39.0 Å². The van der Waals surface area contributed by atoms with Crippen LogP contribution in [0.1, 0.15) is 53.2 Å². The van der Waals surface area contributed by atoms with Crippen molar-refractivity contribution in [3.8, 4) is 0 Å². The molecule has 2 aromatic rings. The minimum absolute atomic E-state index is 0.0599. The zero-order valence-electron chi connectivity index (χ0n) is 18.3. The summed E-state index contributed by atoms with van der Waals surface area (Å²) in [5.41, 5.74) is 4.21. The third kappa shape index (κ3) is 5.38. The fraction of sp³-hybridized carbons (Fsp3) is 0.385. The summed E-state index contributed by atoms with van der Waals surface area (Å²) in [6, 6.07) is 15.9. The Morgan fingerprint density at radius 1 is 1.07 bits per heavy atom. The van der Waals surface area contributed by atoms with Gasteiger partial charge in [-0.2, -0.15) is 0 Å². The van der Waals surface area contributed by atoms with E-state index in [0.717, 1.165) is 36.9 Å². The smallest absolute Gasteiger partial charge is 0.253 e. The number of rotatable bonds is 6. The topological polar surface area (TPSA) is 40.6 Å². The van der Waals surface area contributed by atoms with Crippen LogP contribution in [0.15, 0.2) is 54.6 Å². The van der Waals surface area contributed by atoms with Crippen LogP contribution in [0.3, 0.4) is 0 Å². The summed E-state index contributed by atoms with van der Waals surface area (Å²) in [4.78, 5) is 29.6. The molecule has 0 aliphatic carbocycles. The number of amides is 2. The summed E-state index contributed by atoms with van der Waals surface area (Å²) in [7, 11) is 0. The van der Waals surface area contributed by atoms with Crippen LogP contribution in [-0.4, -0.2) is 47.3 Å². The maximum absolute atomic E-state index is 13.0. The highest BCUT2D eigenvalue weighted by molar-refractivity contribution is 5.94. The van der Waals surface area contributed by atoms with Gasteiger partial charge in [0.05, 0.1) is 0 Å². The number of carbonyl (C=O) groups excluding carboxylic acids is 2. The first kappa shape index (κ1) is 21.8. The molecule has 0 aromatic heterocycles. The van der Waals surface area contributed by atoms with Crippen molar-refractivity contribution in [2.24, 2.45) is 0 Å². The van der Waals surface area contributed by atoms with E-state index >= 15 is 0 Å². The molecule has 158 valence electrons. The van der Waals surface area contributed by atoms with E-state index in [1.165, 1.54) is 11.1 Å². The molecule has 2 aromatic carbocycles. The fourth-order valence-corrected chi connectivity index (χ4v) is 4.13. The molecule has 2 amide bonds. The number of nitrogens with zero attached hydrogens (tertiary/aromatic N) is 2. The van der Waals surface area contributed by atoms with Gasteiger partial charge < -0.3 is 9.80 Å². The van der Waals surface area contributed by atoms with E-state index < -0.39 is 0 Å². The van der Waals surface area contributed by atoms with Gasteiger partial charge in [0, 0.05) is 37.3 Å². The van der Waals surface area contributed by atoms with Crippen molar-refractivity contribution in [1.82, 2.24) is 9.80 Å². The number of hydrogen-bond acceptors (Lipinski definition) is 2. The predicted molar refractivity (Wildman–Crippen MR) is 122 cm³/mol. The second kappa shape index (κ2) is 10.2. The van der Waals surface area contributed by atoms with Crippen molar-refractivity contribution in [3.05, 3.63) is 76.9 Å². The molecule has 4 heteroatoms. The van der Waals surface area contributed by atoms with Crippen molar-refractivity contribution in [1.29, 1.82) is 0 Å². The molecule has 1 aliphatic heterocycles. The van der Waals surface area contributed by atoms with Crippen LogP contribution < -0.4 is 0 Å². The molecule has 1 fully saturated rings. The number of likely N-dealkylation sites (tertiary alicyclic amines) is 1. The van der Waals surface area contributed by atoms with Gasteiger partial charge in [0.25, 0.3) is 5.91 Å². The Hall–Kier alpha value is -2.88. The maximum atomic E-state index is 13.0. The summed E-state index contributed by atoms with van der Waals surface area (Å²) in [5, 5.41) is 0. The first-order valence-electron chi connectivity index (χ1n) is 10.9. The SMILES string of the molecule is CCCN(C(=O)/C=C/c1ccc(C)cc1C)C1CCN(C(=O)c2ccccc2)CC1. The average Bonchev–Trinajstić information content (AvgIpc) is 2.77. The molecule has 0 unspecified atom stereocenters. The minimum atomic E-state index is 0.0599. The third-order valence-electron chi connectivity index (χ3n) is 5.79. The molecule has 0 bridgehead atoms. The molecular weight excluding hydrogens is 372 g/mol. The largest absolute Gasteiger partial charge is 0.338 e. The van der Waals surface area contributed by atoms with Gasteiger partial charge in [-0.3, -0.25) is 9.59 Å². The lowest BCUT2D eigenvalue weighted by Gasteiger charge is -2.38. The molecule has 0 N–H and O–H groups in total. The van der Waals surface area contributed by atoms with Crippen LogP contribution in [0.4, 0.5) is 0 Å². The Bertz CT molecular complexity index is 897. The van der Waals surface area contributed by atoms with Gasteiger partial charge in [0.15, 0.2) is 0 Å². The number of benzene rings is 2. The van der Waals surface area contributed by atoms with Gasteiger partial charge >= 0.3 is 0 Å². The highest BCUT2D eigenvalue weighted by Gasteiger charge is 2.28. The molecule has 0 radical (unpaired) electrons. The van der Waals surface area contributed by atoms with Gasteiger partial charge in [0.2, 0.25) is 5.91 Å². The van der Waals surface area contributed by atoms with E-state index in [1.54, 1.807) is 6.08 Å². The Kier molecular flexibility index (Phi) is 7.45. The van der Waals surface area contributed by atoms with Crippen molar-refractivity contribution in [3.63, 3.8) is 0 Å². The van der Waals surface area contributed by atoms with Gasteiger partial charge in [-0.1, -0.05) is 48.9 Å². The monoisotopic (exact) mass is 404 g/mol. The molecule has 1 saturated heterocycles.